The normalized spacial score (nSPS) is 16.1. The molecular formula is C21H25N3O4S. The SMILES string of the molecule is CC(/C=C\S(C)(=O)=O)NC(=O)c1cnc(C2CCCC2)nc1Oc1ccccc1. The van der Waals surface area contributed by atoms with E-state index in [1.807, 2.05) is 18.2 Å². The number of ether oxygens (including phenoxy) is 1. The molecule has 1 aromatic carbocycles. The number of amides is 1. The first-order chi connectivity index (χ1) is 13.8. The molecule has 0 saturated heterocycles. The molecule has 7 nitrogen and oxygen atoms in total. The summed E-state index contributed by atoms with van der Waals surface area (Å²) in [5, 5.41) is 3.80. The molecule has 3 rings (SSSR count). The fourth-order valence-electron chi connectivity index (χ4n) is 3.19. The summed E-state index contributed by atoms with van der Waals surface area (Å²) < 4.78 is 28.4. The van der Waals surface area contributed by atoms with Crippen molar-refractivity contribution in [3.05, 3.63) is 59.4 Å². The first-order valence-corrected chi connectivity index (χ1v) is 11.6. The van der Waals surface area contributed by atoms with Crippen LogP contribution in [0.3, 0.4) is 0 Å². The van der Waals surface area contributed by atoms with E-state index >= 15 is 0 Å². The molecule has 29 heavy (non-hydrogen) atoms. The van der Waals surface area contributed by atoms with E-state index < -0.39 is 21.8 Å². The van der Waals surface area contributed by atoms with Gasteiger partial charge >= 0.3 is 0 Å². The summed E-state index contributed by atoms with van der Waals surface area (Å²) in [7, 11) is -3.26. The van der Waals surface area contributed by atoms with Crippen LogP contribution in [0.2, 0.25) is 0 Å². The van der Waals surface area contributed by atoms with Gasteiger partial charge in [0.25, 0.3) is 5.91 Å². The highest BCUT2D eigenvalue weighted by atomic mass is 32.2. The third kappa shape index (κ3) is 6.12. The highest BCUT2D eigenvalue weighted by Gasteiger charge is 2.24. The van der Waals surface area contributed by atoms with Gasteiger partial charge in [0.1, 0.15) is 17.1 Å². The third-order valence-electron chi connectivity index (χ3n) is 4.67. The summed E-state index contributed by atoms with van der Waals surface area (Å²) >= 11 is 0. The molecule has 1 atom stereocenters. The Morgan fingerprint density at radius 2 is 1.93 bits per heavy atom. The van der Waals surface area contributed by atoms with Crippen molar-refractivity contribution >= 4 is 15.7 Å². The molecule has 1 unspecified atom stereocenters. The summed E-state index contributed by atoms with van der Waals surface area (Å²) in [5.41, 5.74) is 0.204. The third-order valence-corrected chi connectivity index (χ3v) is 5.32. The average molecular weight is 416 g/mol. The second kappa shape index (κ2) is 9.17. The lowest BCUT2D eigenvalue weighted by molar-refractivity contribution is 0.0943. The minimum absolute atomic E-state index is 0.199. The van der Waals surface area contributed by atoms with Gasteiger partial charge in [0.05, 0.1) is 0 Å². The number of para-hydroxylation sites is 1. The van der Waals surface area contributed by atoms with Gasteiger partial charge in [-0.25, -0.2) is 13.4 Å². The molecular weight excluding hydrogens is 390 g/mol. The van der Waals surface area contributed by atoms with Crippen molar-refractivity contribution in [2.45, 2.75) is 44.6 Å². The van der Waals surface area contributed by atoms with E-state index in [1.165, 1.54) is 12.3 Å². The van der Waals surface area contributed by atoms with Crippen LogP contribution in [-0.4, -0.2) is 36.6 Å². The number of sulfone groups is 1. The van der Waals surface area contributed by atoms with Crippen LogP contribution in [0.1, 0.15) is 54.7 Å². The molecule has 0 radical (unpaired) electrons. The molecule has 0 bridgehead atoms. The Morgan fingerprint density at radius 3 is 2.59 bits per heavy atom. The van der Waals surface area contributed by atoms with Gasteiger partial charge in [0.2, 0.25) is 5.88 Å². The Kier molecular flexibility index (Phi) is 6.64. The molecule has 1 N–H and O–H groups in total. The van der Waals surface area contributed by atoms with Crippen molar-refractivity contribution in [3.63, 3.8) is 0 Å². The quantitative estimate of drug-likeness (QED) is 0.742. The van der Waals surface area contributed by atoms with Crippen molar-refractivity contribution < 1.29 is 17.9 Å². The number of nitrogens with one attached hydrogen (secondary N) is 1. The molecule has 1 fully saturated rings. The maximum atomic E-state index is 12.8. The lowest BCUT2D eigenvalue weighted by Crippen LogP contribution is -2.31. The predicted octanol–water partition coefficient (Wildman–Crippen LogP) is 3.60. The van der Waals surface area contributed by atoms with Crippen molar-refractivity contribution in [1.29, 1.82) is 0 Å². The summed E-state index contributed by atoms with van der Waals surface area (Å²) in [6.07, 6.45) is 8.36. The van der Waals surface area contributed by atoms with Gasteiger partial charge in [-0.05, 0) is 31.9 Å². The zero-order valence-electron chi connectivity index (χ0n) is 16.5. The van der Waals surface area contributed by atoms with Crippen LogP contribution in [0.15, 0.2) is 48.0 Å². The maximum Gasteiger partial charge on any atom is 0.258 e. The second-order valence-electron chi connectivity index (χ2n) is 7.26. The fraction of sp³-hybridized carbons (Fsp3) is 0.381. The molecule has 1 saturated carbocycles. The van der Waals surface area contributed by atoms with E-state index in [0.29, 0.717) is 11.6 Å². The highest BCUT2D eigenvalue weighted by Crippen LogP contribution is 2.33. The predicted molar refractivity (Wildman–Crippen MR) is 111 cm³/mol. The number of benzene rings is 1. The van der Waals surface area contributed by atoms with Gasteiger partial charge in [0, 0.05) is 29.8 Å². The molecule has 2 aromatic rings. The average Bonchev–Trinajstić information content (AvgIpc) is 3.21. The van der Waals surface area contributed by atoms with E-state index in [2.05, 4.69) is 15.3 Å². The number of hydrogen-bond donors (Lipinski definition) is 1. The van der Waals surface area contributed by atoms with Crippen LogP contribution in [-0.2, 0) is 9.84 Å². The largest absolute Gasteiger partial charge is 0.438 e. The number of rotatable bonds is 7. The van der Waals surface area contributed by atoms with E-state index in [0.717, 1.165) is 37.3 Å². The van der Waals surface area contributed by atoms with Crippen molar-refractivity contribution in [3.8, 4) is 11.6 Å². The van der Waals surface area contributed by atoms with Gasteiger partial charge in [-0.15, -0.1) is 0 Å². The molecule has 1 heterocycles. The molecule has 154 valence electrons. The Balaban J connectivity index is 1.85. The van der Waals surface area contributed by atoms with Crippen molar-refractivity contribution in [1.82, 2.24) is 15.3 Å². The topological polar surface area (TPSA) is 98.2 Å². The summed E-state index contributed by atoms with van der Waals surface area (Å²) in [6, 6.07) is 8.64. The van der Waals surface area contributed by atoms with Crippen LogP contribution in [0.5, 0.6) is 11.6 Å². The van der Waals surface area contributed by atoms with Gasteiger partial charge in [-0.2, -0.15) is 4.98 Å². The van der Waals surface area contributed by atoms with Crippen LogP contribution >= 0.6 is 0 Å². The number of carbonyl (C=O) groups excluding carboxylic acids is 1. The fourth-order valence-corrected chi connectivity index (χ4v) is 3.71. The molecule has 0 aliphatic heterocycles. The Morgan fingerprint density at radius 1 is 1.24 bits per heavy atom. The summed E-state index contributed by atoms with van der Waals surface area (Å²) in [4.78, 5) is 21.7. The Bertz CT molecular complexity index is 984. The monoisotopic (exact) mass is 415 g/mol. The van der Waals surface area contributed by atoms with Crippen LogP contribution < -0.4 is 10.1 Å². The Labute approximate surface area is 171 Å². The van der Waals surface area contributed by atoms with E-state index in [1.54, 1.807) is 19.1 Å². The zero-order valence-corrected chi connectivity index (χ0v) is 17.4. The van der Waals surface area contributed by atoms with E-state index in [-0.39, 0.29) is 17.4 Å². The number of carbonyl (C=O) groups is 1. The van der Waals surface area contributed by atoms with Gasteiger partial charge in [-0.3, -0.25) is 4.79 Å². The lowest BCUT2D eigenvalue weighted by Gasteiger charge is -2.15. The summed E-state index contributed by atoms with van der Waals surface area (Å²) in [5.74, 6) is 1.31. The highest BCUT2D eigenvalue weighted by molar-refractivity contribution is 7.93. The minimum atomic E-state index is -3.26. The molecule has 8 heteroatoms. The Hall–Kier alpha value is -2.74. The van der Waals surface area contributed by atoms with Crippen molar-refractivity contribution in [2.24, 2.45) is 0 Å². The lowest BCUT2D eigenvalue weighted by atomic mass is 10.1. The van der Waals surface area contributed by atoms with Crippen LogP contribution in [0.25, 0.3) is 0 Å². The number of nitrogens with zero attached hydrogens (tertiary/aromatic N) is 2. The summed E-state index contributed by atoms with van der Waals surface area (Å²) in [6.45, 7) is 1.69. The number of hydrogen-bond acceptors (Lipinski definition) is 6. The smallest absolute Gasteiger partial charge is 0.258 e. The first-order valence-electron chi connectivity index (χ1n) is 9.61. The second-order valence-corrected chi connectivity index (χ2v) is 9.19. The van der Waals surface area contributed by atoms with Gasteiger partial charge in [0.15, 0.2) is 9.84 Å². The first kappa shape index (κ1) is 21.0. The molecule has 0 spiro atoms. The molecule has 1 amide bonds. The molecule has 1 aliphatic rings. The standard InChI is InChI=1S/C21H25N3O4S/c1-15(12-13-29(2,26)27)23-20(25)18-14-22-19(16-8-6-7-9-16)24-21(18)28-17-10-4-3-5-11-17/h3-5,10-16H,6-9H2,1-2H3,(H,23,25)/b13-12-. The van der Waals surface area contributed by atoms with Crippen molar-refractivity contribution in [2.75, 3.05) is 6.26 Å². The van der Waals surface area contributed by atoms with Crippen LogP contribution in [0, 0.1) is 0 Å². The van der Waals surface area contributed by atoms with E-state index in [9.17, 15) is 13.2 Å². The molecule has 1 aromatic heterocycles. The van der Waals surface area contributed by atoms with Gasteiger partial charge in [-0.1, -0.05) is 37.1 Å². The number of aromatic nitrogens is 2. The van der Waals surface area contributed by atoms with Gasteiger partial charge < -0.3 is 10.1 Å². The molecule has 1 aliphatic carbocycles. The minimum Gasteiger partial charge on any atom is -0.438 e. The van der Waals surface area contributed by atoms with E-state index in [4.69, 9.17) is 4.74 Å². The van der Waals surface area contributed by atoms with Crippen LogP contribution in [0.4, 0.5) is 0 Å². The maximum absolute atomic E-state index is 12.8. The zero-order chi connectivity index (χ0) is 20.9.